The summed E-state index contributed by atoms with van der Waals surface area (Å²) in [5.74, 6) is 2.12. The first-order chi connectivity index (χ1) is 14.1. The Morgan fingerprint density at radius 2 is 1.59 bits per heavy atom. The van der Waals surface area contributed by atoms with Crippen molar-refractivity contribution in [2.24, 2.45) is 0 Å². The van der Waals surface area contributed by atoms with Gasteiger partial charge in [-0.1, -0.05) is 37.3 Å². The van der Waals surface area contributed by atoms with E-state index in [0.717, 1.165) is 12.0 Å². The molecule has 0 aliphatic carbocycles. The van der Waals surface area contributed by atoms with Gasteiger partial charge in [0.2, 0.25) is 11.7 Å². The summed E-state index contributed by atoms with van der Waals surface area (Å²) in [4.78, 5) is 4.73. The van der Waals surface area contributed by atoms with Gasteiger partial charge in [0.1, 0.15) is 0 Å². The van der Waals surface area contributed by atoms with E-state index in [9.17, 15) is 0 Å². The highest BCUT2D eigenvalue weighted by Gasteiger charge is 2.18. The molecule has 0 bridgehead atoms. The van der Waals surface area contributed by atoms with Crippen molar-refractivity contribution in [3.05, 3.63) is 53.7 Å². The molecule has 152 valence electrons. The summed E-state index contributed by atoms with van der Waals surface area (Å²) in [6.07, 6.45) is 0.890. The summed E-state index contributed by atoms with van der Waals surface area (Å²) in [6, 6.07) is 14.0. The predicted octanol–water partition coefficient (Wildman–Crippen LogP) is 4.44. The number of hydrogen-bond acceptors (Lipinski definition) is 7. The number of benzene rings is 2. The highest BCUT2D eigenvalue weighted by atomic mass is 16.5. The molecule has 2 aromatic carbocycles. The first kappa shape index (κ1) is 20.4. The zero-order chi connectivity index (χ0) is 20.8. The van der Waals surface area contributed by atoms with E-state index in [-0.39, 0.29) is 6.04 Å². The molecule has 0 amide bonds. The normalized spacial score (nSPS) is 11.6. The number of anilines is 1. The van der Waals surface area contributed by atoms with E-state index in [1.165, 1.54) is 5.56 Å². The van der Waals surface area contributed by atoms with Crippen molar-refractivity contribution < 1.29 is 14.2 Å². The van der Waals surface area contributed by atoms with Crippen molar-refractivity contribution >= 4 is 5.95 Å². The Morgan fingerprint density at radius 1 is 0.931 bits per heavy atom. The molecule has 7 heteroatoms. The van der Waals surface area contributed by atoms with Gasteiger partial charge in [-0.05, 0) is 31.0 Å². The Balaban J connectivity index is 1.99. The van der Waals surface area contributed by atoms with Gasteiger partial charge < -0.3 is 19.5 Å². The van der Waals surface area contributed by atoms with Gasteiger partial charge in [0.15, 0.2) is 11.5 Å². The van der Waals surface area contributed by atoms with Crippen LogP contribution in [0.3, 0.4) is 0 Å². The molecule has 1 unspecified atom stereocenters. The number of methoxy groups -OCH3 is 3. The molecule has 0 saturated carbocycles. The molecule has 0 spiro atoms. The maximum absolute atomic E-state index is 5.47. The van der Waals surface area contributed by atoms with Crippen LogP contribution < -0.4 is 19.5 Å². The van der Waals surface area contributed by atoms with Gasteiger partial charge in [0.25, 0.3) is 0 Å². The zero-order valence-electron chi connectivity index (χ0n) is 17.4. The first-order valence-electron chi connectivity index (χ1n) is 9.44. The van der Waals surface area contributed by atoms with E-state index in [0.29, 0.717) is 34.6 Å². The number of nitrogens with zero attached hydrogens (tertiary/aromatic N) is 3. The fraction of sp³-hybridized carbons (Fsp3) is 0.318. The van der Waals surface area contributed by atoms with Crippen LogP contribution in [0.2, 0.25) is 0 Å². The number of aryl methyl sites for hydroxylation is 1. The number of rotatable bonds is 8. The molecule has 0 radical (unpaired) electrons. The lowest BCUT2D eigenvalue weighted by Crippen LogP contribution is -2.13. The Labute approximate surface area is 171 Å². The first-order valence-corrected chi connectivity index (χ1v) is 9.44. The fourth-order valence-electron chi connectivity index (χ4n) is 3.19. The average molecular weight is 394 g/mol. The van der Waals surface area contributed by atoms with Crippen LogP contribution >= 0.6 is 0 Å². The van der Waals surface area contributed by atoms with Gasteiger partial charge >= 0.3 is 0 Å². The van der Waals surface area contributed by atoms with Crippen LogP contribution in [-0.2, 0) is 0 Å². The van der Waals surface area contributed by atoms with Crippen LogP contribution in [0.4, 0.5) is 5.95 Å². The summed E-state index contributed by atoms with van der Waals surface area (Å²) in [7, 11) is 4.75. The monoisotopic (exact) mass is 394 g/mol. The molecule has 0 aliphatic rings. The summed E-state index contributed by atoms with van der Waals surface area (Å²) >= 11 is 0. The summed E-state index contributed by atoms with van der Waals surface area (Å²) < 4.78 is 16.3. The lowest BCUT2D eigenvalue weighted by atomic mass is 10.1. The second-order valence-corrected chi connectivity index (χ2v) is 6.50. The van der Waals surface area contributed by atoms with Crippen molar-refractivity contribution in [1.29, 1.82) is 0 Å². The molecule has 29 heavy (non-hydrogen) atoms. The molecule has 1 aromatic heterocycles. The molecule has 3 aromatic rings. The minimum Gasteiger partial charge on any atom is -0.493 e. The molecule has 1 heterocycles. The second kappa shape index (κ2) is 9.23. The second-order valence-electron chi connectivity index (χ2n) is 6.50. The van der Waals surface area contributed by atoms with Gasteiger partial charge in [0, 0.05) is 5.56 Å². The van der Waals surface area contributed by atoms with Gasteiger partial charge in [-0.15, -0.1) is 10.2 Å². The molecule has 0 fully saturated rings. The summed E-state index contributed by atoms with van der Waals surface area (Å²) in [5, 5.41) is 11.9. The van der Waals surface area contributed by atoms with Crippen molar-refractivity contribution in [3.63, 3.8) is 0 Å². The Hall–Kier alpha value is -3.35. The third-order valence-electron chi connectivity index (χ3n) is 4.71. The molecule has 7 nitrogen and oxygen atoms in total. The topological polar surface area (TPSA) is 78.4 Å². The smallest absolute Gasteiger partial charge is 0.243 e. The molecular weight excluding hydrogens is 368 g/mol. The highest BCUT2D eigenvalue weighted by molar-refractivity contribution is 5.70. The third kappa shape index (κ3) is 4.39. The van der Waals surface area contributed by atoms with Crippen molar-refractivity contribution in [2.75, 3.05) is 26.6 Å². The lowest BCUT2D eigenvalue weighted by Gasteiger charge is -2.18. The highest BCUT2D eigenvalue weighted by Crippen LogP contribution is 2.41. The summed E-state index contributed by atoms with van der Waals surface area (Å²) in [6.45, 7) is 3.99. The lowest BCUT2D eigenvalue weighted by molar-refractivity contribution is 0.324. The molecule has 0 saturated heterocycles. The van der Waals surface area contributed by atoms with Gasteiger partial charge in [-0.2, -0.15) is 0 Å². The van der Waals surface area contributed by atoms with Crippen molar-refractivity contribution in [2.45, 2.75) is 26.3 Å². The summed E-state index contributed by atoms with van der Waals surface area (Å²) in [5.41, 5.74) is 3.39. The molecular formula is C22H26N4O3. The Morgan fingerprint density at radius 3 is 2.14 bits per heavy atom. The predicted molar refractivity (Wildman–Crippen MR) is 113 cm³/mol. The molecule has 1 N–H and O–H groups in total. The van der Waals surface area contributed by atoms with E-state index < -0.39 is 0 Å². The van der Waals surface area contributed by atoms with Crippen LogP contribution in [-0.4, -0.2) is 36.5 Å². The van der Waals surface area contributed by atoms with E-state index in [2.05, 4.69) is 34.6 Å². The van der Waals surface area contributed by atoms with Crippen molar-refractivity contribution in [1.82, 2.24) is 15.2 Å². The van der Waals surface area contributed by atoms with Gasteiger partial charge in [-0.25, -0.2) is 4.98 Å². The van der Waals surface area contributed by atoms with E-state index >= 15 is 0 Å². The molecule has 1 atom stereocenters. The molecule has 0 aliphatic heterocycles. The standard InChI is InChI=1S/C22H26N4O3/c1-6-17(15-10-8-7-9-11-15)23-22-24-20(14(2)25-26-22)16-12-18(27-3)21(29-5)19(13-16)28-4/h7-13,17H,6H2,1-5H3,(H,23,24,26). The van der Waals surface area contributed by atoms with Crippen LogP contribution in [0.15, 0.2) is 42.5 Å². The maximum Gasteiger partial charge on any atom is 0.243 e. The third-order valence-corrected chi connectivity index (χ3v) is 4.71. The number of ether oxygens (including phenoxy) is 3. The fourth-order valence-corrected chi connectivity index (χ4v) is 3.19. The number of nitrogens with one attached hydrogen (secondary N) is 1. The zero-order valence-corrected chi connectivity index (χ0v) is 17.4. The Kier molecular flexibility index (Phi) is 6.49. The SMILES string of the molecule is CCC(Nc1nnc(C)c(-c2cc(OC)c(OC)c(OC)c2)n1)c1ccccc1. The number of hydrogen-bond donors (Lipinski definition) is 1. The van der Waals surface area contributed by atoms with Gasteiger partial charge in [-0.3, -0.25) is 0 Å². The number of aromatic nitrogens is 3. The van der Waals surface area contributed by atoms with E-state index in [1.54, 1.807) is 21.3 Å². The largest absolute Gasteiger partial charge is 0.493 e. The van der Waals surface area contributed by atoms with E-state index in [1.807, 2.05) is 37.3 Å². The van der Waals surface area contributed by atoms with Crippen LogP contribution in [0.25, 0.3) is 11.3 Å². The average Bonchev–Trinajstić information content (AvgIpc) is 2.77. The Bertz CT molecular complexity index is 939. The van der Waals surface area contributed by atoms with Crippen LogP contribution in [0.5, 0.6) is 17.2 Å². The van der Waals surface area contributed by atoms with Gasteiger partial charge in [0.05, 0.1) is 38.8 Å². The quantitative estimate of drug-likeness (QED) is 0.605. The van der Waals surface area contributed by atoms with Crippen LogP contribution in [0, 0.1) is 6.92 Å². The minimum absolute atomic E-state index is 0.0912. The van der Waals surface area contributed by atoms with E-state index in [4.69, 9.17) is 19.2 Å². The minimum atomic E-state index is 0.0912. The van der Waals surface area contributed by atoms with Crippen molar-refractivity contribution in [3.8, 4) is 28.5 Å². The molecule has 3 rings (SSSR count). The maximum atomic E-state index is 5.47. The van der Waals surface area contributed by atoms with Crippen LogP contribution in [0.1, 0.15) is 30.6 Å².